The molecule has 1 aromatic heterocycles. The van der Waals surface area contributed by atoms with Crippen LogP contribution in [0.5, 0.6) is 0 Å². The summed E-state index contributed by atoms with van der Waals surface area (Å²) in [7, 11) is 0. The van der Waals surface area contributed by atoms with Crippen molar-refractivity contribution in [2.75, 3.05) is 51.4 Å². The first kappa shape index (κ1) is 38.4. The quantitative estimate of drug-likeness (QED) is 0.0424. The van der Waals surface area contributed by atoms with Crippen LogP contribution in [0.1, 0.15) is 0 Å². The molecule has 0 aliphatic rings. The summed E-state index contributed by atoms with van der Waals surface area (Å²) in [6.07, 6.45) is -0.00170. The molecule has 0 unspecified atom stereocenters. The first-order chi connectivity index (χ1) is 23.0. The maximum Gasteiger partial charge on any atom is 0.407 e. The van der Waals surface area contributed by atoms with Gasteiger partial charge in [0.1, 0.15) is 26.4 Å². The van der Waals surface area contributed by atoms with E-state index in [0.29, 0.717) is 24.3 Å². The highest BCUT2D eigenvalue weighted by Gasteiger charge is 2.17. The molecule has 1 heterocycles. The summed E-state index contributed by atoms with van der Waals surface area (Å²) < 4.78 is 21.1. The fourth-order valence-electron chi connectivity index (χ4n) is 3.57. The Balaban J connectivity index is 2.10. The number of amides is 4. The standard InChI is InChI=1S/C28H35N7O12S/c1-3-21(36)44-15-17-46-24(39)30-10-13-34-26(41)33(12-9-29-23(38)32-19-5-7-20(48)8-6-19)27(42)35(28(34)43)14-11-31-25(40)47-18-16-45-22(37)4-2/h3-8,48H,1-2,9-18H2,(H,30,39)(H,31,40)(H2,29,32,38). The Kier molecular flexibility index (Phi) is 16.3. The van der Waals surface area contributed by atoms with Crippen LogP contribution in [0.25, 0.3) is 0 Å². The van der Waals surface area contributed by atoms with E-state index < -0.39 is 60.3 Å². The first-order valence-electron chi connectivity index (χ1n) is 14.1. The molecule has 4 N–H and O–H groups in total. The average Bonchev–Trinajstić information content (AvgIpc) is 3.06. The normalized spacial score (nSPS) is 10.2. The Morgan fingerprint density at radius 1 is 0.625 bits per heavy atom. The van der Waals surface area contributed by atoms with E-state index in [-0.39, 0.29) is 52.6 Å². The van der Waals surface area contributed by atoms with Crippen LogP contribution in [0.2, 0.25) is 0 Å². The molecular formula is C28H35N7O12S. The van der Waals surface area contributed by atoms with Crippen LogP contribution in [0.3, 0.4) is 0 Å². The van der Waals surface area contributed by atoms with Crippen molar-refractivity contribution in [1.82, 2.24) is 29.7 Å². The Bertz CT molecular complexity index is 1570. The molecule has 2 aromatic rings. The predicted molar refractivity (Wildman–Crippen MR) is 171 cm³/mol. The van der Waals surface area contributed by atoms with Crippen molar-refractivity contribution in [1.29, 1.82) is 0 Å². The van der Waals surface area contributed by atoms with Crippen molar-refractivity contribution >= 4 is 48.5 Å². The van der Waals surface area contributed by atoms with Gasteiger partial charge in [0.25, 0.3) is 0 Å². The van der Waals surface area contributed by atoms with Gasteiger partial charge in [-0.15, -0.1) is 12.6 Å². The molecule has 4 amide bonds. The summed E-state index contributed by atoms with van der Waals surface area (Å²) in [6, 6.07) is 5.92. The van der Waals surface area contributed by atoms with E-state index in [0.717, 1.165) is 12.2 Å². The first-order valence-corrected chi connectivity index (χ1v) is 14.6. The minimum absolute atomic E-state index is 0.203. The lowest BCUT2D eigenvalue weighted by Gasteiger charge is -2.15. The lowest BCUT2D eigenvalue weighted by Crippen LogP contribution is -2.56. The monoisotopic (exact) mass is 693 g/mol. The summed E-state index contributed by atoms with van der Waals surface area (Å²) in [4.78, 5) is 98.5. The summed E-state index contributed by atoms with van der Waals surface area (Å²) in [6.45, 7) is 3.52. The number of aromatic nitrogens is 3. The Hall–Kier alpha value is -5.79. The highest BCUT2D eigenvalue weighted by atomic mass is 32.1. The number of rotatable bonds is 18. The number of esters is 2. The zero-order valence-corrected chi connectivity index (χ0v) is 26.5. The number of nitrogens with zero attached hydrogens (tertiary/aromatic N) is 3. The van der Waals surface area contributed by atoms with Crippen molar-refractivity contribution < 1.29 is 42.9 Å². The van der Waals surface area contributed by atoms with Gasteiger partial charge in [-0.05, 0) is 24.3 Å². The number of nitrogens with one attached hydrogen (secondary N) is 4. The van der Waals surface area contributed by atoms with Crippen LogP contribution < -0.4 is 38.3 Å². The predicted octanol–water partition coefficient (Wildman–Crippen LogP) is -0.807. The van der Waals surface area contributed by atoms with E-state index >= 15 is 0 Å². The molecule has 0 spiro atoms. The molecule has 0 saturated heterocycles. The number of anilines is 1. The maximum absolute atomic E-state index is 13.2. The van der Waals surface area contributed by atoms with Crippen molar-refractivity contribution in [3.05, 3.63) is 81.0 Å². The van der Waals surface area contributed by atoms with Gasteiger partial charge in [0.15, 0.2) is 0 Å². The minimum Gasteiger partial charge on any atom is -0.459 e. The number of thiol groups is 1. The van der Waals surface area contributed by atoms with E-state index in [1.807, 2.05) is 0 Å². The maximum atomic E-state index is 13.2. The molecule has 0 aliphatic carbocycles. The molecule has 0 saturated carbocycles. The highest BCUT2D eigenvalue weighted by molar-refractivity contribution is 7.80. The van der Waals surface area contributed by atoms with E-state index in [9.17, 15) is 38.4 Å². The Morgan fingerprint density at radius 3 is 1.40 bits per heavy atom. The fraction of sp³-hybridized carbons (Fsp3) is 0.357. The third-order valence-corrected chi connectivity index (χ3v) is 6.09. The molecule has 0 bridgehead atoms. The summed E-state index contributed by atoms with van der Waals surface area (Å²) in [5.41, 5.74) is -2.63. The number of urea groups is 1. The lowest BCUT2D eigenvalue weighted by molar-refractivity contribution is -0.139. The molecule has 1 aromatic carbocycles. The molecule has 20 heteroatoms. The summed E-state index contributed by atoms with van der Waals surface area (Å²) in [5, 5.41) is 9.72. The van der Waals surface area contributed by atoms with E-state index in [2.05, 4.69) is 56.5 Å². The van der Waals surface area contributed by atoms with Crippen LogP contribution in [0, 0.1) is 0 Å². The topological polar surface area (TPSA) is 236 Å². The van der Waals surface area contributed by atoms with Crippen molar-refractivity contribution in [3.63, 3.8) is 0 Å². The van der Waals surface area contributed by atoms with E-state index in [1.54, 1.807) is 24.3 Å². The fourth-order valence-corrected chi connectivity index (χ4v) is 3.72. The highest BCUT2D eigenvalue weighted by Crippen LogP contribution is 2.11. The second-order valence-electron chi connectivity index (χ2n) is 9.10. The van der Waals surface area contributed by atoms with Gasteiger partial charge in [0, 0.05) is 62.0 Å². The number of hydrogen-bond acceptors (Lipinski definition) is 13. The molecule has 0 radical (unpaired) electrons. The third kappa shape index (κ3) is 13.3. The van der Waals surface area contributed by atoms with Gasteiger partial charge < -0.3 is 40.2 Å². The second kappa shape index (κ2) is 20.4. The number of carbonyl (C=O) groups excluding carboxylic acids is 5. The number of ether oxygens (including phenoxy) is 4. The van der Waals surface area contributed by atoms with Gasteiger partial charge in [0.2, 0.25) is 0 Å². The van der Waals surface area contributed by atoms with Crippen LogP contribution in [-0.2, 0) is 48.2 Å². The molecule has 0 aliphatic heterocycles. The summed E-state index contributed by atoms with van der Waals surface area (Å²) >= 11 is 4.17. The third-order valence-electron chi connectivity index (χ3n) is 5.80. The van der Waals surface area contributed by atoms with Crippen molar-refractivity contribution in [2.45, 2.75) is 24.5 Å². The summed E-state index contributed by atoms with van der Waals surface area (Å²) in [5.74, 6) is -1.41. The van der Waals surface area contributed by atoms with Crippen LogP contribution in [0.15, 0.2) is 68.9 Å². The number of alkyl carbamates (subject to hydrolysis) is 2. The van der Waals surface area contributed by atoms with E-state index in [1.165, 1.54) is 0 Å². The second-order valence-corrected chi connectivity index (χ2v) is 9.62. The van der Waals surface area contributed by atoms with Crippen LogP contribution in [0.4, 0.5) is 20.1 Å². The number of carbonyl (C=O) groups is 5. The molecular weight excluding hydrogens is 658 g/mol. The van der Waals surface area contributed by atoms with Gasteiger partial charge in [-0.2, -0.15) is 0 Å². The molecule has 48 heavy (non-hydrogen) atoms. The number of hydrogen-bond donors (Lipinski definition) is 5. The zero-order chi connectivity index (χ0) is 35.5. The molecule has 0 fully saturated rings. The van der Waals surface area contributed by atoms with Gasteiger partial charge in [-0.25, -0.2) is 52.1 Å². The molecule has 2 rings (SSSR count). The van der Waals surface area contributed by atoms with Gasteiger partial charge in [0.05, 0.1) is 0 Å². The minimum atomic E-state index is -1.04. The van der Waals surface area contributed by atoms with Crippen LogP contribution >= 0.6 is 12.6 Å². The number of benzene rings is 1. The van der Waals surface area contributed by atoms with Gasteiger partial charge in [-0.1, -0.05) is 13.2 Å². The smallest absolute Gasteiger partial charge is 0.407 e. The van der Waals surface area contributed by atoms with Crippen molar-refractivity contribution in [2.24, 2.45) is 0 Å². The Labute approximate surface area is 277 Å². The zero-order valence-electron chi connectivity index (χ0n) is 25.6. The average molecular weight is 694 g/mol. The van der Waals surface area contributed by atoms with Gasteiger partial charge in [-0.3, -0.25) is 0 Å². The molecule has 19 nitrogen and oxygen atoms in total. The Morgan fingerprint density at radius 2 is 1.00 bits per heavy atom. The van der Waals surface area contributed by atoms with Crippen molar-refractivity contribution in [3.8, 4) is 0 Å². The van der Waals surface area contributed by atoms with Gasteiger partial charge >= 0.3 is 47.2 Å². The molecule has 260 valence electrons. The van der Waals surface area contributed by atoms with Crippen LogP contribution in [-0.4, -0.2) is 89.9 Å². The van der Waals surface area contributed by atoms with E-state index in [4.69, 9.17) is 9.47 Å². The largest absolute Gasteiger partial charge is 0.459 e. The molecule has 0 atom stereocenters. The lowest BCUT2D eigenvalue weighted by atomic mass is 10.3. The SMILES string of the molecule is C=CC(=O)OCCOC(=O)NCCn1c(=O)n(CCNC(=O)Nc2ccc(S)cc2)c(=O)n(CCNC(=O)OCCOC(=O)C=C)c1=O.